The molecule has 72 valence electrons. The monoisotopic (exact) mass is 169 g/mol. The molecule has 0 aliphatic rings. The third-order valence-electron chi connectivity index (χ3n) is 2.14. The van der Waals surface area contributed by atoms with Gasteiger partial charge in [-0.2, -0.15) is 0 Å². The van der Waals surface area contributed by atoms with Crippen molar-refractivity contribution >= 4 is 0 Å². The Balaban J connectivity index is 2.95. The molecule has 0 fully saturated rings. The van der Waals surface area contributed by atoms with Gasteiger partial charge in [-0.15, -0.1) is 6.58 Å². The van der Waals surface area contributed by atoms with Gasteiger partial charge in [0, 0.05) is 1.37 Å². The van der Waals surface area contributed by atoms with E-state index in [9.17, 15) is 0 Å². The predicted molar refractivity (Wildman–Crippen MR) is 57.4 cm³/mol. The quantitative estimate of drug-likeness (QED) is 0.346. The lowest BCUT2D eigenvalue weighted by Crippen LogP contribution is -1.79. The minimum absolute atomic E-state index is 0.0318. The minimum Gasteiger partial charge on any atom is -0.103 e. The van der Waals surface area contributed by atoms with Crippen LogP contribution in [0.3, 0.4) is 0 Å². The summed E-state index contributed by atoms with van der Waals surface area (Å²) in [4.78, 5) is 0. The summed E-state index contributed by atoms with van der Waals surface area (Å²) in [5.41, 5.74) is 0. The Bertz CT molecular complexity index is 110. The van der Waals surface area contributed by atoms with Crippen LogP contribution in [-0.4, -0.2) is 0 Å². The number of hydrogen-bond donors (Lipinski definition) is 0. The second-order valence-corrected chi connectivity index (χ2v) is 3.38. The van der Waals surface area contributed by atoms with E-state index < -0.39 is 0 Å². The number of allylic oxidation sites excluding steroid dienone is 1. The first-order chi connectivity index (χ1) is 6.31. The van der Waals surface area contributed by atoms with Gasteiger partial charge in [-0.3, -0.25) is 0 Å². The van der Waals surface area contributed by atoms with Crippen LogP contribution in [0.5, 0.6) is 0 Å². The lowest BCUT2D eigenvalue weighted by Gasteiger charge is -1.99. The lowest BCUT2D eigenvalue weighted by atomic mass is 10.1. The third kappa shape index (κ3) is 9.74. The first kappa shape index (κ1) is 9.83. The molecule has 1 atom stereocenters. The summed E-state index contributed by atoms with van der Waals surface area (Å²) in [6.07, 6.45) is 12.0. The summed E-state index contributed by atoms with van der Waals surface area (Å²) in [6, 6.07) is 0. The normalized spacial score (nSPS) is 13.9. The van der Waals surface area contributed by atoms with Crippen molar-refractivity contribution in [2.45, 2.75) is 64.7 Å². The smallest absolute Gasteiger partial charge is 0.0310 e. The van der Waals surface area contributed by atoms with Gasteiger partial charge in [0.2, 0.25) is 0 Å². The largest absolute Gasteiger partial charge is 0.103 e. The number of rotatable bonds is 9. The molecule has 0 heterocycles. The predicted octanol–water partition coefficient (Wildman–Crippen LogP) is 4.70. The molecule has 0 N–H and O–H groups in total. The Morgan fingerprint density at radius 1 is 1.00 bits per heavy atom. The van der Waals surface area contributed by atoms with E-state index in [4.69, 9.17) is 1.37 Å². The zero-order valence-corrected chi connectivity index (χ0v) is 8.52. The highest BCUT2D eigenvalue weighted by molar-refractivity contribution is 4.65. The van der Waals surface area contributed by atoms with Crippen LogP contribution in [0.4, 0.5) is 0 Å². The van der Waals surface area contributed by atoms with Crippen LogP contribution in [0.25, 0.3) is 0 Å². The fraction of sp³-hybridized carbons (Fsp3) is 0.833. The third-order valence-corrected chi connectivity index (χ3v) is 2.14. The molecule has 0 radical (unpaired) electrons. The van der Waals surface area contributed by atoms with Crippen LogP contribution < -0.4 is 0 Å². The molecule has 0 nitrogen and oxygen atoms in total. The molecule has 0 aromatic rings. The van der Waals surface area contributed by atoms with E-state index in [1.807, 2.05) is 0 Å². The van der Waals surface area contributed by atoms with Crippen LogP contribution in [0.2, 0.25) is 0 Å². The van der Waals surface area contributed by atoms with E-state index in [0.29, 0.717) is 0 Å². The highest BCUT2D eigenvalue weighted by atomic mass is 14.0. The van der Waals surface area contributed by atoms with Gasteiger partial charge >= 0.3 is 0 Å². The number of hydrogen-bond acceptors (Lipinski definition) is 0. The summed E-state index contributed by atoms with van der Waals surface area (Å²) in [5.74, 6) is 0. The highest BCUT2D eigenvalue weighted by Crippen LogP contribution is 2.09. The van der Waals surface area contributed by atoms with Crippen molar-refractivity contribution in [2.24, 2.45) is 0 Å². The summed E-state index contributed by atoms with van der Waals surface area (Å²) in [5, 5.41) is 0. The average Bonchev–Trinajstić information content (AvgIpc) is 2.16. The molecule has 0 aromatic heterocycles. The first-order valence-corrected chi connectivity index (χ1v) is 5.36. The van der Waals surface area contributed by atoms with Crippen molar-refractivity contribution in [1.82, 2.24) is 0 Å². The SMILES string of the molecule is [2H]C(C=C)CCCCCCCCC. The maximum atomic E-state index is 7.45. The van der Waals surface area contributed by atoms with Crippen LogP contribution in [-0.2, 0) is 0 Å². The second-order valence-electron chi connectivity index (χ2n) is 3.38. The Hall–Kier alpha value is -0.260. The van der Waals surface area contributed by atoms with Crippen molar-refractivity contribution in [3.63, 3.8) is 0 Å². The standard InChI is InChI=1S/C12H24/c1-3-5-7-9-11-12-10-8-6-4-2/h3H,1,4-12H2,2H3/i5D. The van der Waals surface area contributed by atoms with Crippen LogP contribution in [0.1, 0.15) is 66.1 Å². The molecule has 0 heteroatoms. The van der Waals surface area contributed by atoms with Crippen molar-refractivity contribution in [3.8, 4) is 0 Å². The van der Waals surface area contributed by atoms with Crippen LogP contribution in [0, 0.1) is 0 Å². The van der Waals surface area contributed by atoms with Gasteiger partial charge in [0.05, 0.1) is 0 Å². The Morgan fingerprint density at radius 2 is 1.50 bits per heavy atom. The van der Waals surface area contributed by atoms with Gasteiger partial charge < -0.3 is 0 Å². The Morgan fingerprint density at radius 3 is 2.00 bits per heavy atom. The van der Waals surface area contributed by atoms with Gasteiger partial charge in [0.25, 0.3) is 0 Å². The zero-order chi connectivity index (χ0) is 9.94. The molecule has 0 bridgehead atoms. The van der Waals surface area contributed by atoms with Gasteiger partial charge in [-0.25, -0.2) is 0 Å². The minimum atomic E-state index is -0.0318. The van der Waals surface area contributed by atoms with Gasteiger partial charge in [0.1, 0.15) is 0 Å². The van der Waals surface area contributed by atoms with E-state index in [1.54, 1.807) is 6.08 Å². The molecule has 0 saturated carbocycles. The summed E-state index contributed by atoms with van der Waals surface area (Å²) >= 11 is 0. The zero-order valence-electron chi connectivity index (χ0n) is 9.52. The molecule has 0 aliphatic carbocycles. The van der Waals surface area contributed by atoms with Crippen molar-refractivity contribution in [1.29, 1.82) is 0 Å². The molecule has 0 aliphatic heterocycles. The molecule has 1 unspecified atom stereocenters. The summed E-state index contributed by atoms with van der Waals surface area (Å²) in [7, 11) is 0. The fourth-order valence-electron chi connectivity index (χ4n) is 1.34. The average molecular weight is 169 g/mol. The topological polar surface area (TPSA) is 0 Å². The molecular weight excluding hydrogens is 144 g/mol. The van der Waals surface area contributed by atoms with E-state index >= 15 is 0 Å². The van der Waals surface area contributed by atoms with E-state index in [1.165, 1.54) is 44.9 Å². The second kappa shape index (κ2) is 10.7. The van der Waals surface area contributed by atoms with Gasteiger partial charge in [-0.1, -0.05) is 57.9 Å². The van der Waals surface area contributed by atoms with Gasteiger partial charge in [-0.05, 0) is 12.8 Å². The molecule has 0 rings (SSSR count). The molecule has 0 spiro atoms. The molecule has 0 saturated heterocycles. The molecule has 12 heavy (non-hydrogen) atoms. The van der Waals surface area contributed by atoms with E-state index in [-0.39, 0.29) is 6.40 Å². The first-order valence-electron chi connectivity index (χ1n) is 5.93. The summed E-state index contributed by atoms with van der Waals surface area (Å²) < 4.78 is 7.45. The molecule has 0 amide bonds. The Kier molecular flexibility index (Phi) is 8.79. The fourth-order valence-corrected chi connectivity index (χ4v) is 1.34. The van der Waals surface area contributed by atoms with Crippen molar-refractivity contribution in [3.05, 3.63) is 12.7 Å². The lowest BCUT2D eigenvalue weighted by molar-refractivity contribution is 0.578. The summed E-state index contributed by atoms with van der Waals surface area (Å²) in [6.45, 7) is 5.86. The van der Waals surface area contributed by atoms with Gasteiger partial charge in [0.15, 0.2) is 0 Å². The molecular formula is C12H24. The number of unbranched alkanes of at least 4 members (excludes halogenated alkanes) is 6. The van der Waals surface area contributed by atoms with E-state index in [0.717, 1.165) is 6.42 Å². The molecule has 0 aromatic carbocycles. The maximum Gasteiger partial charge on any atom is 0.0310 e. The Labute approximate surface area is 79.5 Å². The van der Waals surface area contributed by atoms with Crippen molar-refractivity contribution < 1.29 is 1.37 Å². The maximum absolute atomic E-state index is 7.45. The van der Waals surface area contributed by atoms with E-state index in [2.05, 4.69) is 13.5 Å². The van der Waals surface area contributed by atoms with Crippen molar-refractivity contribution in [2.75, 3.05) is 0 Å². The van der Waals surface area contributed by atoms with Crippen LogP contribution >= 0.6 is 0 Å². The van der Waals surface area contributed by atoms with Crippen LogP contribution in [0.15, 0.2) is 12.7 Å². The highest BCUT2D eigenvalue weighted by Gasteiger charge is 1.89.